The van der Waals surface area contributed by atoms with E-state index < -0.39 is 10.4 Å². The van der Waals surface area contributed by atoms with E-state index in [9.17, 15) is 5.11 Å². The van der Waals surface area contributed by atoms with E-state index in [0.717, 1.165) is 12.5 Å². The number of hydrogen-bond donors (Lipinski definition) is 4. The van der Waals surface area contributed by atoms with E-state index in [1.807, 2.05) is 6.92 Å². The molecule has 7 heteroatoms. The Balaban J connectivity index is 0. The van der Waals surface area contributed by atoms with Gasteiger partial charge in [0.15, 0.2) is 0 Å². The molecular formula is C40H85NO5S. The lowest BCUT2D eigenvalue weighted by Crippen LogP contribution is -2.30. The molecule has 0 aliphatic rings. The van der Waals surface area contributed by atoms with E-state index in [1.54, 1.807) is 0 Å². The first-order valence-corrected chi connectivity index (χ1v) is 22.2. The third-order valence-electron chi connectivity index (χ3n) is 9.63. The molecular weight excluding hydrogens is 607 g/mol. The van der Waals surface area contributed by atoms with Crippen molar-refractivity contribution in [1.29, 1.82) is 0 Å². The maximum absolute atomic E-state index is 9.72. The molecule has 0 saturated heterocycles. The second-order valence-electron chi connectivity index (χ2n) is 14.6. The molecule has 0 spiro atoms. The molecule has 0 aliphatic carbocycles. The second-order valence-corrected chi connectivity index (χ2v) is 15.5. The Morgan fingerprint density at radius 3 is 0.809 bits per heavy atom. The highest BCUT2D eigenvalue weighted by Crippen LogP contribution is 2.20. The Morgan fingerprint density at radius 2 is 0.617 bits per heavy atom. The minimum Gasteiger partial charge on any atom is -0.379 e. The molecule has 0 aromatic heterocycles. The SMILES string of the molecule is CCCCCCCCCCCCCCCCCCC(CCCCCCCCCCCCCCCCCC)CNC(C)O.O=S(=O)(O)O. The second kappa shape index (κ2) is 40.2. The van der Waals surface area contributed by atoms with Crippen molar-refractivity contribution in [3.8, 4) is 0 Å². The lowest BCUT2D eigenvalue weighted by atomic mass is 9.93. The number of rotatable bonds is 37. The smallest absolute Gasteiger partial charge is 0.379 e. The molecule has 0 amide bonds. The van der Waals surface area contributed by atoms with Crippen molar-refractivity contribution < 1.29 is 22.6 Å². The average molecular weight is 692 g/mol. The first-order valence-electron chi connectivity index (χ1n) is 20.8. The number of aliphatic hydroxyl groups excluding tert-OH is 1. The zero-order chi connectivity index (χ0) is 35.1. The van der Waals surface area contributed by atoms with E-state index in [4.69, 9.17) is 17.5 Å². The fourth-order valence-corrected chi connectivity index (χ4v) is 6.65. The predicted octanol–water partition coefficient (Wildman–Crippen LogP) is 13.2. The van der Waals surface area contributed by atoms with E-state index in [1.165, 1.54) is 218 Å². The summed E-state index contributed by atoms with van der Waals surface area (Å²) in [7, 11) is -4.67. The third-order valence-corrected chi connectivity index (χ3v) is 9.63. The first-order chi connectivity index (χ1) is 22.7. The van der Waals surface area contributed by atoms with Gasteiger partial charge in [0.1, 0.15) is 6.23 Å². The van der Waals surface area contributed by atoms with Crippen molar-refractivity contribution in [3.05, 3.63) is 0 Å². The highest BCUT2D eigenvalue weighted by molar-refractivity contribution is 7.79. The summed E-state index contributed by atoms with van der Waals surface area (Å²) in [5.74, 6) is 0.748. The summed E-state index contributed by atoms with van der Waals surface area (Å²) in [6.07, 6.45) is 48.4. The van der Waals surface area contributed by atoms with Crippen molar-refractivity contribution >= 4 is 10.4 Å². The van der Waals surface area contributed by atoms with Gasteiger partial charge in [-0.25, -0.2) is 0 Å². The van der Waals surface area contributed by atoms with Crippen LogP contribution in [-0.2, 0) is 10.4 Å². The van der Waals surface area contributed by atoms with Gasteiger partial charge in [0.25, 0.3) is 0 Å². The van der Waals surface area contributed by atoms with Gasteiger partial charge in [-0.1, -0.05) is 219 Å². The Bertz CT molecular complexity index is 630. The van der Waals surface area contributed by atoms with Gasteiger partial charge in [0, 0.05) is 6.54 Å². The Kier molecular flexibility index (Phi) is 41.8. The van der Waals surface area contributed by atoms with Crippen LogP contribution in [0.5, 0.6) is 0 Å². The lowest BCUT2D eigenvalue weighted by Gasteiger charge is -2.19. The van der Waals surface area contributed by atoms with Gasteiger partial charge < -0.3 is 5.11 Å². The minimum atomic E-state index is -4.67. The average Bonchev–Trinajstić information content (AvgIpc) is 3.01. The highest BCUT2D eigenvalue weighted by Gasteiger charge is 2.10. The number of unbranched alkanes of at least 4 members (excludes halogenated alkanes) is 30. The predicted molar refractivity (Wildman–Crippen MR) is 206 cm³/mol. The minimum absolute atomic E-state index is 0.371. The molecule has 0 bridgehead atoms. The van der Waals surface area contributed by atoms with Crippen LogP contribution in [-0.4, -0.2) is 35.4 Å². The van der Waals surface area contributed by atoms with Crippen molar-refractivity contribution in [3.63, 3.8) is 0 Å². The highest BCUT2D eigenvalue weighted by atomic mass is 32.3. The van der Waals surface area contributed by atoms with Crippen LogP contribution >= 0.6 is 0 Å². The molecule has 0 fully saturated rings. The molecule has 0 radical (unpaired) electrons. The number of aliphatic hydroxyl groups is 1. The molecule has 286 valence electrons. The molecule has 1 atom stereocenters. The quantitative estimate of drug-likeness (QED) is 0.0293. The van der Waals surface area contributed by atoms with Crippen molar-refractivity contribution in [2.45, 2.75) is 245 Å². The third kappa shape index (κ3) is 52.8. The normalized spacial score (nSPS) is 12.4. The molecule has 47 heavy (non-hydrogen) atoms. The number of hydrogen-bond acceptors (Lipinski definition) is 4. The topological polar surface area (TPSA) is 107 Å². The van der Waals surface area contributed by atoms with E-state index >= 15 is 0 Å². The Hall–Kier alpha value is -0.210. The van der Waals surface area contributed by atoms with Gasteiger partial charge in [-0.3, -0.25) is 14.4 Å². The van der Waals surface area contributed by atoms with E-state index in [0.29, 0.717) is 0 Å². The first kappa shape index (κ1) is 48.9. The standard InChI is InChI=1S/C40H83NO.H2O4S/c1-4-6-8-10-12-14-16-18-20-22-24-26-28-30-32-34-36-40(38-41-39(3)42)37-35-33-31-29-27-25-23-21-19-17-15-13-11-9-7-5-2;1-5(2,3)4/h39-42H,4-38H2,1-3H3;(H2,1,2,3,4). The maximum Gasteiger partial charge on any atom is 0.394 e. The summed E-state index contributed by atoms with van der Waals surface area (Å²) in [6.45, 7) is 7.46. The fourth-order valence-electron chi connectivity index (χ4n) is 6.65. The van der Waals surface area contributed by atoms with Gasteiger partial charge in [-0.2, -0.15) is 8.42 Å². The van der Waals surface area contributed by atoms with Gasteiger partial charge in [0.05, 0.1) is 0 Å². The zero-order valence-electron chi connectivity index (χ0n) is 32.0. The molecule has 1 unspecified atom stereocenters. The molecule has 4 N–H and O–H groups in total. The zero-order valence-corrected chi connectivity index (χ0v) is 32.8. The van der Waals surface area contributed by atoms with Crippen molar-refractivity contribution in [2.24, 2.45) is 5.92 Å². The van der Waals surface area contributed by atoms with Crippen LogP contribution in [0.2, 0.25) is 0 Å². The Labute approximate surface area is 295 Å². The molecule has 0 rings (SSSR count). The van der Waals surface area contributed by atoms with Gasteiger partial charge in [0.2, 0.25) is 0 Å². The molecule has 0 saturated carbocycles. The molecule has 0 aliphatic heterocycles. The van der Waals surface area contributed by atoms with E-state index in [-0.39, 0.29) is 6.23 Å². The monoisotopic (exact) mass is 692 g/mol. The molecule has 6 nitrogen and oxygen atoms in total. The van der Waals surface area contributed by atoms with Crippen LogP contribution in [0.25, 0.3) is 0 Å². The lowest BCUT2D eigenvalue weighted by molar-refractivity contribution is 0.147. The van der Waals surface area contributed by atoms with Crippen LogP contribution in [0.15, 0.2) is 0 Å². The largest absolute Gasteiger partial charge is 0.394 e. The van der Waals surface area contributed by atoms with Gasteiger partial charge >= 0.3 is 10.4 Å². The number of nitrogens with one attached hydrogen (secondary N) is 1. The fraction of sp³-hybridized carbons (Fsp3) is 1.00. The van der Waals surface area contributed by atoms with Crippen LogP contribution in [0.3, 0.4) is 0 Å². The van der Waals surface area contributed by atoms with E-state index in [2.05, 4.69) is 19.2 Å². The molecule has 0 aromatic carbocycles. The van der Waals surface area contributed by atoms with Crippen LogP contribution in [0.1, 0.15) is 239 Å². The summed E-state index contributed by atoms with van der Waals surface area (Å²) < 4.78 is 31.6. The molecule has 0 aromatic rings. The Morgan fingerprint density at radius 1 is 0.426 bits per heavy atom. The van der Waals surface area contributed by atoms with Crippen LogP contribution in [0, 0.1) is 5.92 Å². The summed E-state index contributed by atoms with van der Waals surface area (Å²) >= 11 is 0. The maximum atomic E-state index is 9.72. The van der Waals surface area contributed by atoms with Gasteiger partial charge in [-0.15, -0.1) is 0 Å². The summed E-state index contributed by atoms with van der Waals surface area (Å²) in [5.41, 5.74) is 0. The van der Waals surface area contributed by atoms with Gasteiger partial charge in [-0.05, 0) is 25.7 Å². The summed E-state index contributed by atoms with van der Waals surface area (Å²) in [4.78, 5) is 0. The van der Waals surface area contributed by atoms with Crippen molar-refractivity contribution in [2.75, 3.05) is 6.54 Å². The molecule has 0 heterocycles. The van der Waals surface area contributed by atoms with Crippen molar-refractivity contribution in [1.82, 2.24) is 5.32 Å². The summed E-state index contributed by atoms with van der Waals surface area (Å²) in [6, 6.07) is 0. The van der Waals surface area contributed by atoms with Crippen LogP contribution < -0.4 is 5.32 Å². The van der Waals surface area contributed by atoms with Crippen LogP contribution in [0.4, 0.5) is 0 Å². The summed E-state index contributed by atoms with van der Waals surface area (Å²) in [5, 5.41) is 13.0.